The summed E-state index contributed by atoms with van der Waals surface area (Å²) in [6.07, 6.45) is 7.15. The molecule has 0 aliphatic carbocycles. The second kappa shape index (κ2) is 10.00. The molecule has 0 bridgehead atoms. The van der Waals surface area contributed by atoms with Gasteiger partial charge in [0.2, 0.25) is 0 Å². The summed E-state index contributed by atoms with van der Waals surface area (Å²) in [7, 11) is 0. The minimum absolute atomic E-state index is 1.08. The molecule has 2 aromatic carbocycles. The van der Waals surface area contributed by atoms with Crippen molar-refractivity contribution in [2.75, 3.05) is 0 Å². The second-order valence-electron chi connectivity index (χ2n) is 4.38. The number of nitrogens with zero attached hydrogens (tertiary/aromatic N) is 1. The van der Waals surface area contributed by atoms with Gasteiger partial charge in [-0.1, -0.05) is 79.4 Å². The number of benzene rings is 2. The predicted molar refractivity (Wildman–Crippen MR) is 91.4 cm³/mol. The van der Waals surface area contributed by atoms with Crippen molar-refractivity contribution in [3.05, 3.63) is 96.1 Å². The van der Waals surface area contributed by atoms with E-state index in [1.165, 1.54) is 11.6 Å². The quantitative estimate of drug-likeness (QED) is 0.535. The highest BCUT2D eigenvalue weighted by Crippen LogP contribution is 2.06. The van der Waals surface area contributed by atoms with E-state index in [0.717, 1.165) is 11.1 Å². The molecule has 0 atom stereocenters. The van der Waals surface area contributed by atoms with Crippen molar-refractivity contribution in [3.63, 3.8) is 0 Å². The average Bonchev–Trinajstić information content (AvgIpc) is 2.55. The molecule has 0 aliphatic heterocycles. The number of rotatable bonds is 3. The highest BCUT2D eigenvalue weighted by atomic mass is 14.2. The van der Waals surface area contributed by atoms with E-state index in [0.29, 0.717) is 0 Å². The van der Waals surface area contributed by atoms with Crippen molar-refractivity contribution in [3.8, 4) is 6.07 Å². The summed E-state index contributed by atoms with van der Waals surface area (Å²) in [5.41, 5.74) is 3.41. The zero-order valence-electron chi connectivity index (χ0n) is 12.2. The fourth-order valence-electron chi connectivity index (χ4n) is 1.62. The molecule has 21 heavy (non-hydrogen) atoms. The van der Waals surface area contributed by atoms with Gasteiger partial charge in [-0.2, -0.15) is 5.26 Å². The summed E-state index contributed by atoms with van der Waals surface area (Å²) in [6.45, 7) is 5.60. The van der Waals surface area contributed by atoms with Crippen LogP contribution in [-0.2, 0) is 0 Å². The highest BCUT2D eigenvalue weighted by Gasteiger charge is 1.85. The molecule has 0 N–H and O–H groups in total. The molecule has 104 valence electrons. The van der Waals surface area contributed by atoms with Crippen LogP contribution < -0.4 is 0 Å². The second-order valence-corrected chi connectivity index (χ2v) is 4.38. The van der Waals surface area contributed by atoms with Gasteiger partial charge < -0.3 is 0 Å². The first kappa shape index (κ1) is 16.2. The van der Waals surface area contributed by atoms with E-state index in [4.69, 9.17) is 5.26 Å². The Hall–Kier alpha value is -2.85. The van der Waals surface area contributed by atoms with E-state index >= 15 is 0 Å². The molecule has 0 radical (unpaired) electrons. The first-order valence-corrected chi connectivity index (χ1v) is 6.73. The van der Waals surface area contributed by atoms with Crippen LogP contribution in [0, 0.1) is 11.3 Å². The lowest BCUT2D eigenvalue weighted by Gasteiger charge is -1.93. The summed E-state index contributed by atoms with van der Waals surface area (Å²) in [6, 6.07) is 22.0. The fraction of sp³-hybridized carbons (Fsp3) is 0.0500. The van der Waals surface area contributed by atoms with Crippen LogP contribution in [0.4, 0.5) is 0 Å². The van der Waals surface area contributed by atoms with Gasteiger partial charge >= 0.3 is 0 Å². The van der Waals surface area contributed by atoms with Crippen LogP contribution in [0.25, 0.3) is 12.2 Å². The van der Waals surface area contributed by atoms with Gasteiger partial charge in [-0.25, -0.2) is 0 Å². The summed E-state index contributed by atoms with van der Waals surface area (Å²) in [4.78, 5) is 0. The van der Waals surface area contributed by atoms with Gasteiger partial charge in [0.05, 0.1) is 6.07 Å². The largest absolute Gasteiger partial charge is 0.193 e. The number of nitriles is 1. The van der Waals surface area contributed by atoms with Crippen LogP contribution in [0.15, 0.2) is 85.0 Å². The highest BCUT2D eigenvalue weighted by molar-refractivity contribution is 5.55. The van der Waals surface area contributed by atoms with E-state index in [9.17, 15) is 0 Å². The Morgan fingerprint density at radius 2 is 1.48 bits per heavy atom. The molecule has 0 saturated carbocycles. The molecule has 1 heteroatoms. The van der Waals surface area contributed by atoms with Gasteiger partial charge in [0, 0.05) is 6.08 Å². The molecular formula is C20H19N. The Labute approximate surface area is 127 Å². The topological polar surface area (TPSA) is 23.8 Å². The van der Waals surface area contributed by atoms with E-state index in [2.05, 4.69) is 6.58 Å². The summed E-state index contributed by atoms with van der Waals surface area (Å²) >= 11 is 0. The zero-order valence-corrected chi connectivity index (χ0v) is 12.2. The third-order valence-electron chi connectivity index (χ3n) is 2.65. The van der Waals surface area contributed by atoms with E-state index < -0.39 is 0 Å². The van der Waals surface area contributed by atoms with Crippen molar-refractivity contribution in [2.45, 2.75) is 6.92 Å². The molecule has 0 fully saturated rings. The SMILES string of the molecule is C=Cc1ccccc1.CC(C=CC#N)=Cc1ccccc1. The maximum atomic E-state index is 8.32. The fourth-order valence-corrected chi connectivity index (χ4v) is 1.62. The van der Waals surface area contributed by atoms with Gasteiger partial charge in [-0.15, -0.1) is 0 Å². The Kier molecular flexibility index (Phi) is 7.72. The lowest BCUT2D eigenvalue weighted by Crippen LogP contribution is -1.71. The Morgan fingerprint density at radius 1 is 0.952 bits per heavy atom. The van der Waals surface area contributed by atoms with Gasteiger partial charge in [0.25, 0.3) is 0 Å². The number of allylic oxidation sites excluding steroid dienone is 3. The van der Waals surface area contributed by atoms with Crippen molar-refractivity contribution < 1.29 is 0 Å². The first-order chi connectivity index (χ1) is 10.3. The van der Waals surface area contributed by atoms with E-state index in [1.807, 2.05) is 85.8 Å². The smallest absolute Gasteiger partial charge is 0.0912 e. The molecule has 2 rings (SSSR count). The Balaban J connectivity index is 0.000000235. The van der Waals surface area contributed by atoms with Gasteiger partial charge in [-0.05, 0) is 29.7 Å². The molecular weight excluding hydrogens is 254 g/mol. The van der Waals surface area contributed by atoms with E-state index in [1.54, 1.807) is 6.08 Å². The summed E-state index contributed by atoms with van der Waals surface area (Å²) in [5, 5.41) is 8.32. The third kappa shape index (κ3) is 7.34. The van der Waals surface area contributed by atoms with Gasteiger partial charge in [0.1, 0.15) is 0 Å². The lowest BCUT2D eigenvalue weighted by molar-refractivity contribution is 1.51. The van der Waals surface area contributed by atoms with Crippen LogP contribution in [-0.4, -0.2) is 0 Å². The summed E-state index contributed by atoms with van der Waals surface area (Å²) < 4.78 is 0. The van der Waals surface area contributed by atoms with Crippen LogP contribution in [0.2, 0.25) is 0 Å². The van der Waals surface area contributed by atoms with Gasteiger partial charge in [-0.3, -0.25) is 0 Å². The zero-order chi connectivity index (χ0) is 15.3. The minimum Gasteiger partial charge on any atom is -0.193 e. The maximum absolute atomic E-state index is 8.32. The van der Waals surface area contributed by atoms with Crippen molar-refractivity contribution >= 4 is 12.2 Å². The molecule has 0 aliphatic rings. The number of hydrogen-bond donors (Lipinski definition) is 0. The first-order valence-electron chi connectivity index (χ1n) is 6.73. The molecule has 0 unspecified atom stereocenters. The molecule has 0 saturated heterocycles. The molecule has 1 nitrogen and oxygen atoms in total. The van der Waals surface area contributed by atoms with Gasteiger partial charge in [0.15, 0.2) is 0 Å². The third-order valence-corrected chi connectivity index (χ3v) is 2.65. The lowest BCUT2D eigenvalue weighted by atomic mass is 10.1. The van der Waals surface area contributed by atoms with Crippen molar-refractivity contribution in [2.24, 2.45) is 0 Å². The number of hydrogen-bond acceptors (Lipinski definition) is 1. The molecule has 0 spiro atoms. The maximum Gasteiger partial charge on any atom is 0.0912 e. The normalized spacial score (nSPS) is 10.4. The molecule has 0 amide bonds. The molecule has 0 aromatic heterocycles. The monoisotopic (exact) mass is 273 g/mol. The van der Waals surface area contributed by atoms with Crippen LogP contribution in [0.3, 0.4) is 0 Å². The summed E-state index contributed by atoms with van der Waals surface area (Å²) in [5.74, 6) is 0. The van der Waals surface area contributed by atoms with Crippen LogP contribution >= 0.6 is 0 Å². The van der Waals surface area contributed by atoms with Crippen molar-refractivity contribution in [1.82, 2.24) is 0 Å². The molecule has 0 heterocycles. The standard InChI is InChI=1S/C12H11N.C8H8/c1-11(6-5-9-13)10-12-7-3-2-4-8-12;1-2-8-6-4-3-5-7-8/h2-8,10H,1H3;2-7H,1H2. The Bertz CT molecular complexity index is 629. The van der Waals surface area contributed by atoms with Crippen LogP contribution in [0.5, 0.6) is 0 Å². The van der Waals surface area contributed by atoms with Crippen molar-refractivity contribution in [1.29, 1.82) is 5.26 Å². The molecule has 2 aromatic rings. The van der Waals surface area contributed by atoms with E-state index in [-0.39, 0.29) is 0 Å². The average molecular weight is 273 g/mol. The Morgan fingerprint density at radius 3 is 1.90 bits per heavy atom. The minimum atomic E-state index is 1.08. The van der Waals surface area contributed by atoms with Crippen LogP contribution in [0.1, 0.15) is 18.1 Å². The predicted octanol–water partition coefficient (Wildman–Crippen LogP) is 5.50.